The number of hydrogen-bond donors (Lipinski definition) is 3. The molecule has 0 aliphatic carbocycles. The van der Waals surface area contributed by atoms with Gasteiger partial charge in [-0.25, -0.2) is 8.78 Å². The van der Waals surface area contributed by atoms with Crippen LogP contribution in [0.2, 0.25) is 0 Å². The fraction of sp³-hybridized carbons (Fsp3) is 0. The molecule has 0 fully saturated rings. The lowest BCUT2D eigenvalue weighted by Gasteiger charge is -2.05. The molecule has 1 aromatic carbocycles. The number of aromatic hydroxyl groups is 1. The summed E-state index contributed by atoms with van der Waals surface area (Å²) in [6.45, 7) is 0. The number of phenolic OH excluding ortho intramolecular Hbond substituents is 1. The van der Waals surface area contributed by atoms with Gasteiger partial charge in [0.25, 0.3) is 0 Å². The van der Waals surface area contributed by atoms with Crippen LogP contribution < -0.4 is 4.65 Å². The Balaban J connectivity index is 2.99. The zero-order valence-corrected chi connectivity index (χ0v) is 6.24. The van der Waals surface area contributed by atoms with E-state index in [0.717, 1.165) is 0 Å². The van der Waals surface area contributed by atoms with Gasteiger partial charge >= 0.3 is 7.32 Å². The summed E-state index contributed by atoms with van der Waals surface area (Å²) in [6.07, 6.45) is 0. The van der Waals surface area contributed by atoms with Crippen LogP contribution in [0, 0.1) is 11.6 Å². The summed E-state index contributed by atoms with van der Waals surface area (Å²) >= 11 is 0. The zero-order chi connectivity index (χ0) is 10.0. The summed E-state index contributed by atoms with van der Waals surface area (Å²) in [4.78, 5) is 0. The molecule has 1 aromatic rings. The molecule has 0 aliphatic heterocycles. The van der Waals surface area contributed by atoms with Crippen molar-refractivity contribution in [2.24, 2.45) is 0 Å². The maximum Gasteiger partial charge on any atom is 0.707 e. The third kappa shape index (κ3) is 2.30. The molecule has 4 nitrogen and oxygen atoms in total. The van der Waals surface area contributed by atoms with E-state index in [1.165, 1.54) is 0 Å². The van der Waals surface area contributed by atoms with Gasteiger partial charge in [0.05, 0.1) is 0 Å². The van der Waals surface area contributed by atoms with E-state index < -0.39 is 30.5 Å². The summed E-state index contributed by atoms with van der Waals surface area (Å²) in [7, 11) is -2.16. The van der Waals surface area contributed by atoms with E-state index in [1.54, 1.807) is 0 Å². The van der Waals surface area contributed by atoms with Gasteiger partial charge in [-0.05, 0) is 0 Å². The van der Waals surface area contributed by atoms with Crippen molar-refractivity contribution in [1.29, 1.82) is 0 Å². The topological polar surface area (TPSA) is 69.9 Å². The highest BCUT2D eigenvalue weighted by molar-refractivity contribution is 6.33. The molecule has 0 spiro atoms. The molecular weight excluding hydrogens is 185 g/mol. The van der Waals surface area contributed by atoms with Gasteiger partial charge in [0, 0.05) is 12.1 Å². The fourth-order valence-electron chi connectivity index (χ4n) is 0.732. The second-order valence-electron chi connectivity index (χ2n) is 2.18. The largest absolute Gasteiger partial charge is 0.707 e. The van der Waals surface area contributed by atoms with Crippen LogP contribution in [-0.4, -0.2) is 22.5 Å². The predicted molar refractivity (Wildman–Crippen MR) is 38.8 cm³/mol. The van der Waals surface area contributed by atoms with Crippen LogP contribution in [0.3, 0.4) is 0 Å². The van der Waals surface area contributed by atoms with E-state index in [1.807, 2.05) is 0 Å². The van der Waals surface area contributed by atoms with Gasteiger partial charge in [0.1, 0.15) is 5.75 Å². The predicted octanol–water partition coefficient (Wildman–Crippen LogP) is 0.0187. The first kappa shape index (κ1) is 9.75. The summed E-state index contributed by atoms with van der Waals surface area (Å²) in [5.41, 5.74) is 0. The number of rotatable bonds is 2. The Kier molecular flexibility index (Phi) is 2.69. The molecule has 13 heavy (non-hydrogen) atoms. The van der Waals surface area contributed by atoms with E-state index >= 15 is 0 Å². The molecule has 3 N–H and O–H groups in total. The van der Waals surface area contributed by atoms with Crippen molar-refractivity contribution >= 4 is 7.32 Å². The van der Waals surface area contributed by atoms with Crippen LogP contribution in [0.15, 0.2) is 12.1 Å². The summed E-state index contributed by atoms with van der Waals surface area (Å²) in [5, 5.41) is 25.2. The van der Waals surface area contributed by atoms with Crippen molar-refractivity contribution in [2.45, 2.75) is 0 Å². The Morgan fingerprint density at radius 2 is 1.62 bits per heavy atom. The van der Waals surface area contributed by atoms with E-state index in [0.29, 0.717) is 12.1 Å². The molecule has 0 amide bonds. The monoisotopic (exact) mass is 190 g/mol. The molecular formula is C6H5BF2O4. The van der Waals surface area contributed by atoms with Gasteiger partial charge in [-0.3, -0.25) is 0 Å². The van der Waals surface area contributed by atoms with Gasteiger partial charge in [-0.15, -0.1) is 0 Å². The fourth-order valence-corrected chi connectivity index (χ4v) is 0.732. The number of benzene rings is 1. The smallest absolute Gasteiger partial charge is 0.512 e. The third-order valence-electron chi connectivity index (χ3n) is 1.23. The average Bonchev–Trinajstić information content (AvgIpc) is 1.98. The number of hydrogen-bond acceptors (Lipinski definition) is 4. The van der Waals surface area contributed by atoms with E-state index in [-0.39, 0.29) is 0 Å². The van der Waals surface area contributed by atoms with Crippen molar-refractivity contribution < 1.29 is 28.6 Å². The van der Waals surface area contributed by atoms with Crippen LogP contribution >= 0.6 is 0 Å². The van der Waals surface area contributed by atoms with Gasteiger partial charge in [-0.1, -0.05) is 0 Å². The normalized spacial score (nSPS) is 9.85. The highest BCUT2D eigenvalue weighted by Gasteiger charge is 2.15. The van der Waals surface area contributed by atoms with Gasteiger partial charge in [-0.2, -0.15) is 0 Å². The Hall–Kier alpha value is -1.34. The van der Waals surface area contributed by atoms with Crippen molar-refractivity contribution in [3.8, 4) is 11.5 Å². The Morgan fingerprint density at radius 3 is 2.00 bits per heavy atom. The number of halogens is 2. The van der Waals surface area contributed by atoms with Crippen molar-refractivity contribution in [1.82, 2.24) is 0 Å². The lowest BCUT2D eigenvalue weighted by atomic mass is 10.2. The van der Waals surface area contributed by atoms with Crippen LogP contribution in [-0.2, 0) is 0 Å². The highest BCUT2D eigenvalue weighted by Crippen LogP contribution is 2.25. The maximum absolute atomic E-state index is 12.6. The molecule has 0 heterocycles. The van der Waals surface area contributed by atoms with Crippen molar-refractivity contribution in [2.75, 3.05) is 0 Å². The highest BCUT2D eigenvalue weighted by atomic mass is 19.1. The van der Waals surface area contributed by atoms with Gasteiger partial charge in [0.15, 0.2) is 17.4 Å². The average molecular weight is 190 g/mol. The molecule has 70 valence electrons. The molecule has 0 unspecified atom stereocenters. The van der Waals surface area contributed by atoms with Gasteiger partial charge in [0.2, 0.25) is 0 Å². The van der Waals surface area contributed by atoms with Crippen LogP contribution in [0.5, 0.6) is 11.5 Å². The SMILES string of the molecule is OB(O)Oc1cc(F)c(O)c(F)c1. The Bertz CT molecular complexity index is 294. The molecule has 7 heteroatoms. The Labute approximate surface area is 72.2 Å². The van der Waals surface area contributed by atoms with E-state index in [4.69, 9.17) is 15.2 Å². The van der Waals surface area contributed by atoms with Crippen molar-refractivity contribution in [3.05, 3.63) is 23.8 Å². The first-order valence-electron chi connectivity index (χ1n) is 3.21. The molecule has 0 radical (unpaired) electrons. The van der Waals surface area contributed by atoms with Crippen molar-refractivity contribution in [3.63, 3.8) is 0 Å². The molecule has 1 rings (SSSR count). The first-order chi connectivity index (χ1) is 6.00. The minimum absolute atomic E-state index is 0.428. The van der Waals surface area contributed by atoms with Gasteiger partial charge < -0.3 is 19.8 Å². The minimum atomic E-state index is -2.16. The summed E-state index contributed by atoms with van der Waals surface area (Å²) in [5.74, 6) is -4.05. The van der Waals surface area contributed by atoms with Crippen LogP contribution in [0.1, 0.15) is 0 Å². The minimum Gasteiger partial charge on any atom is -0.512 e. The molecule has 0 aromatic heterocycles. The summed E-state index contributed by atoms with van der Waals surface area (Å²) in [6, 6.07) is 1.25. The third-order valence-corrected chi connectivity index (χ3v) is 1.23. The first-order valence-corrected chi connectivity index (χ1v) is 3.21. The molecule has 0 saturated carbocycles. The molecule has 0 atom stereocenters. The van der Waals surface area contributed by atoms with Crippen LogP contribution in [0.4, 0.5) is 8.78 Å². The molecule has 0 saturated heterocycles. The lowest BCUT2D eigenvalue weighted by molar-refractivity contribution is 0.286. The second-order valence-corrected chi connectivity index (χ2v) is 2.18. The lowest BCUT2D eigenvalue weighted by Crippen LogP contribution is -2.20. The quantitative estimate of drug-likeness (QED) is 0.574. The second kappa shape index (κ2) is 3.59. The number of phenols is 1. The zero-order valence-electron chi connectivity index (χ0n) is 6.24. The van der Waals surface area contributed by atoms with E-state index in [2.05, 4.69) is 4.65 Å². The summed E-state index contributed by atoms with van der Waals surface area (Å²) < 4.78 is 29.3. The molecule has 0 bridgehead atoms. The molecule has 0 aliphatic rings. The Morgan fingerprint density at radius 1 is 1.15 bits per heavy atom. The van der Waals surface area contributed by atoms with E-state index in [9.17, 15) is 8.78 Å². The maximum atomic E-state index is 12.6. The standard InChI is InChI=1S/C6H5BF2O4/c8-4-1-3(13-7(11)12)2-5(9)6(4)10/h1-2,10-12H. The van der Waals surface area contributed by atoms with Crippen LogP contribution in [0.25, 0.3) is 0 Å².